The van der Waals surface area contributed by atoms with Crippen molar-refractivity contribution >= 4 is 56.5 Å². The Labute approximate surface area is 359 Å². The first-order valence-corrected chi connectivity index (χ1v) is 22.5. The SMILES string of the molecule is CC(C)(C)c1cc(-c2nccc3cc([Si](c4ccccc4)(c4ccccc4)c4ccccc4)oc23)[c-]c2ccccc12.CCC(CC)C(=O)/C=C(\O)C(CC)CC.[Ir]. The molecule has 0 spiro atoms. The Balaban J connectivity index is 0.000000344. The Bertz CT molecular complexity index is 2330. The summed E-state index contributed by atoms with van der Waals surface area (Å²) in [7, 11) is -2.80. The van der Waals surface area contributed by atoms with Gasteiger partial charge >= 0.3 is 0 Å². The van der Waals surface area contributed by atoms with Gasteiger partial charge in [-0.15, -0.1) is 29.1 Å². The second-order valence-electron chi connectivity index (χ2n) is 15.9. The van der Waals surface area contributed by atoms with E-state index >= 15 is 0 Å². The number of rotatable bonds is 12. The minimum atomic E-state index is -2.80. The van der Waals surface area contributed by atoms with Gasteiger partial charge in [-0.25, -0.2) is 0 Å². The maximum absolute atomic E-state index is 11.7. The quantitative estimate of drug-likeness (QED) is 0.0436. The van der Waals surface area contributed by atoms with Gasteiger partial charge in [0.25, 0.3) is 0 Å². The molecule has 0 amide bonds. The number of hydrogen-bond acceptors (Lipinski definition) is 4. The number of benzene rings is 5. The number of pyridine rings is 1. The largest absolute Gasteiger partial charge is 0.512 e. The van der Waals surface area contributed by atoms with E-state index in [2.05, 4.69) is 160 Å². The molecule has 7 rings (SSSR count). The third-order valence-electron chi connectivity index (χ3n) is 11.3. The van der Waals surface area contributed by atoms with Crippen molar-refractivity contribution in [3.8, 4) is 11.3 Å². The molecule has 0 unspecified atom stereocenters. The fraction of sp³-hybridized carbons (Fsp3) is 0.269. The molecule has 2 aromatic heterocycles. The number of nitrogens with zero attached hydrogens (tertiary/aromatic N) is 1. The van der Waals surface area contributed by atoms with Crippen LogP contribution in [0.1, 0.15) is 79.7 Å². The number of aliphatic hydroxyl groups is 1. The van der Waals surface area contributed by atoms with Gasteiger partial charge in [-0.3, -0.25) is 9.78 Å². The van der Waals surface area contributed by atoms with Crippen molar-refractivity contribution in [3.63, 3.8) is 0 Å². The summed E-state index contributed by atoms with van der Waals surface area (Å²) in [5.41, 5.74) is 3.82. The summed E-state index contributed by atoms with van der Waals surface area (Å²) in [4.78, 5) is 16.6. The maximum atomic E-state index is 11.7. The van der Waals surface area contributed by atoms with Crippen molar-refractivity contribution in [3.05, 3.63) is 163 Å². The molecule has 5 aromatic carbocycles. The number of aliphatic hydroxyl groups excluding tert-OH is 1. The van der Waals surface area contributed by atoms with Crippen LogP contribution < -0.4 is 20.9 Å². The van der Waals surface area contributed by atoms with Gasteiger partial charge in [0.15, 0.2) is 5.78 Å². The van der Waals surface area contributed by atoms with Crippen LogP contribution in [0.3, 0.4) is 0 Å². The first kappa shape index (κ1) is 44.2. The zero-order valence-corrected chi connectivity index (χ0v) is 38.3. The molecule has 0 saturated carbocycles. The van der Waals surface area contributed by atoms with Crippen molar-refractivity contribution in [2.24, 2.45) is 11.8 Å². The van der Waals surface area contributed by atoms with E-state index < -0.39 is 8.07 Å². The average Bonchev–Trinajstić information content (AvgIpc) is 3.67. The number of ketones is 1. The fourth-order valence-electron chi connectivity index (χ4n) is 8.09. The van der Waals surface area contributed by atoms with Crippen LogP contribution in [0.25, 0.3) is 33.0 Å². The summed E-state index contributed by atoms with van der Waals surface area (Å²) < 4.78 is 7.10. The van der Waals surface area contributed by atoms with Gasteiger partial charge in [-0.1, -0.05) is 169 Å². The summed E-state index contributed by atoms with van der Waals surface area (Å²) in [5.74, 6) is 0.547. The van der Waals surface area contributed by atoms with E-state index in [1.54, 1.807) is 0 Å². The molecule has 0 bridgehead atoms. The zero-order valence-electron chi connectivity index (χ0n) is 34.9. The van der Waals surface area contributed by atoms with E-state index in [1.807, 2.05) is 33.9 Å². The monoisotopic (exact) mass is 963 g/mol. The number of fused-ring (bicyclic) bond motifs is 2. The predicted octanol–water partition coefficient (Wildman–Crippen LogP) is 11.0. The van der Waals surface area contributed by atoms with E-state index in [0.29, 0.717) is 0 Å². The molecule has 7 aromatic rings. The molecule has 0 fully saturated rings. The molecule has 6 heteroatoms. The second-order valence-corrected chi connectivity index (χ2v) is 19.7. The molecule has 4 nitrogen and oxygen atoms in total. The molecule has 0 aliphatic carbocycles. The Hall–Kier alpha value is -4.87. The molecule has 0 saturated heterocycles. The molecule has 1 radical (unpaired) electrons. The number of carbonyl (C=O) groups is 1. The molecule has 0 aliphatic heterocycles. The Morgan fingerprint density at radius 2 is 1.22 bits per heavy atom. The molecular weight excluding hydrogens is 907 g/mol. The summed E-state index contributed by atoms with van der Waals surface area (Å²) in [5, 5.41) is 18.0. The minimum absolute atomic E-state index is 0. The number of hydrogen-bond donors (Lipinski definition) is 1. The molecule has 58 heavy (non-hydrogen) atoms. The van der Waals surface area contributed by atoms with E-state index in [0.717, 1.165) is 58.7 Å². The van der Waals surface area contributed by atoms with E-state index in [4.69, 9.17) is 9.40 Å². The van der Waals surface area contributed by atoms with Crippen LogP contribution in [0.5, 0.6) is 0 Å². The molecule has 301 valence electrons. The topological polar surface area (TPSA) is 63.3 Å². The fourth-order valence-corrected chi connectivity index (χ4v) is 12.6. The second kappa shape index (κ2) is 19.7. The summed E-state index contributed by atoms with van der Waals surface area (Å²) in [6, 6.07) is 51.4. The van der Waals surface area contributed by atoms with Gasteiger partial charge in [0.2, 0.25) is 8.07 Å². The predicted molar refractivity (Wildman–Crippen MR) is 242 cm³/mol. The molecule has 1 N–H and O–H groups in total. The van der Waals surface area contributed by atoms with Gasteiger partial charge in [0.05, 0.1) is 11.1 Å². The maximum Gasteiger partial charge on any atom is 0.223 e. The molecular formula is C52H56IrNO3Si-. The van der Waals surface area contributed by atoms with Crippen molar-refractivity contribution < 1.29 is 34.4 Å². The Morgan fingerprint density at radius 1 is 0.724 bits per heavy atom. The van der Waals surface area contributed by atoms with Crippen LogP contribution in [0.4, 0.5) is 0 Å². The van der Waals surface area contributed by atoms with E-state index in [-0.39, 0.29) is 48.9 Å². The number of aromatic nitrogens is 1. The molecule has 0 atom stereocenters. The Kier molecular flexibility index (Phi) is 15.0. The van der Waals surface area contributed by atoms with E-state index in [1.165, 1.54) is 32.6 Å². The van der Waals surface area contributed by atoms with Gasteiger partial charge in [-0.2, -0.15) is 0 Å². The standard InChI is InChI=1S/C39H32NOSi.C13H24O2.Ir/c1-39(2,3)35-26-30(25-28-15-13-14-22-34(28)35)37-38-29(23-24-40-37)27-36(41-38)42(31-16-7-4-8-17-31,32-18-9-5-10-19-32)33-20-11-6-12-21-33;1-5-10(6-2)12(14)9-13(15)11(7-3)8-4;/h4-24,26-27H,1-3H3;9-11,14H,5-8H2,1-4H3;/q-1;;/b;12-9-;. The van der Waals surface area contributed by atoms with E-state index in [9.17, 15) is 9.90 Å². The molecule has 2 heterocycles. The van der Waals surface area contributed by atoms with Crippen LogP contribution in [0.15, 0.2) is 156 Å². The van der Waals surface area contributed by atoms with Crippen LogP contribution in [-0.2, 0) is 30.3 Å². The molecule has 0 aliphatic rings. The van der Waals surface area contributed by atoms with Crippen molar-refractivity contribution in [2.45, 2.75) is 79.6 Å². The van der Waals surface area contributed by atoms with Gasteiger partial charge < -0.3 is 9.52 Å². The summed E-state index contributed by atoms with van der Waals surface area (Å²) >= 11 is 0. The number of allylic oxidation sites excluding steroid dienone is 2. The minimum Gasteiger partial charge on any atom is -0.512 e. The Morgan fingerprint density at radius 3 is 1.72 bits per heavy atom. The first-order chi connectivity index (χ1) is 27.6. The summed E-state index contributed by atoms with van der Waals surface area (Å²) in [6.07, 6.45) is 6.80. The van der Waals surface area contributed by atoms with Crippen molar-refractivity contribution in [1.29, 1.82) is 0 Å². The van der Waals surface area contributed by atoms with Crippen LogP contribution in [-0.4, -0.2) is 23.9 Å². The first-order valence-electron chi connectivity index (χ1n) is 20.5. The summed E-state index contributed by atoms with van der Waals surface area (Å²) in [6.45, 7) is 14.9. The zero-order chi connectivity index (χ0) is 40.6. The van der Waals surface area contributed by atoms with Gasteiger partial charge in [-0.05, 0) is 58.8 Å². The van der Waals surface area contributed by atoms with Gasteiger partial charge in [0.1, 0.15) is 5.58 Å². The third-order valence-corrected chi connectivity index (χ3v) is 15.9. The van der Waals surface area contributed by atoms with Crippen LogP contribution in [0.2, 0.25) is 0 Å². The number of carbonyl (C=O) groups excluding carboxylic acids is 1. The smallest absolute Gasteiger partial charge is 0.223 e. The van der Waals surface area contributed by atoms with Crippen LogP contribution >= 0.6 is 0 Å². The third kappa shape index (κ3) is 9.21. The van der Waals surface area contributed by atoms with Crippen LogP contribution in [0, 0.1) is 17.9 Å². The van der Waals surface area contributed by atoms with Gasteiger partial charge in [0, 0.05) is 55.3 Å². The average molecular weight is 963 g/mol. The number of furan rings is 1. The normalized spacial score (nSPS) is 12.1. The van der Waals surface area contributed by atoms with Crippen molar-refractivity contribution in [2.75, 3.05) is 0 Å². The van der Waals surface area contributed by atoms with Crippen molar-refractivity contribution in [1.82, 2.24) is 4.98 Å².